The number of halogens is 1. The fraction of sp³-hybridized carbons (Fsp3) is 0.265. The molecule has 330 valence electrons. The monoisotopic (exact) mass is 886 g/mol. The summed E-state index contributed by atoms with van der Waals surface area (Å²) in [6.07, 6.45) is -0.760. The number of hydrogen-bond donors (Lipinski definition) is 0. The molecular formula is C49H48FN4O9P. The van der Waals surface area contributed by atoms with E-state index in [2.05, 4.69) is 0 Å². The summed E-state index contributed by atoms with van der Waals surface area (Å²) < 4.78 is 58.0. The number of nitrogens with zero attached hydrogens (tertiary/aromatic N) is 4. The Bertz CT molecular complexity index is 2590. The van der Waals surface area contributed by atoms with Gasteiger partial charge < -0.3 is 28.5 Å². The second-order valence-corrected chi connectivity index (χ2v) is 17.5. The van der Waals surface area contributed by atoms with Crippen LogP contribution in [0.5, 0.6) is 17.2 Å². The number of para-hydroxylation sites is 1. The summed E-state index contributed by atoms with van der Waals surface area (Å²) in [5.41, 5.74) is 3.50. The molecule has 1 unspecified atom stereocenters. The molecule has 8 rings (SSSR count). The Labute approximate surface area is 370 Å². The molecule has 2 aliphatic heterocycles. The molecule has 3 heterocycles. The maximum absolute atomic E-state index is 14.6. The zero-order valence-electron chi connectivity index (χ0n) is 35.5. The number of amides is 2. The predicted octanol–water partition coefficient (Wildman–Crippen LogP) is 9.06. The third-order valence-electron chi connectivity index (χ3n) is 11.1. The minimum Gasteiger partial charge on any atom is -0.478 e. The van der Waals surface area contributed by atoms with Crippen molar-refractivity contribution in [2.45, 2.75) is 39.1 Å². The van der Waals surface area contributed by atoms with E-state index in [0.29, 0.717) is 41.9 Å². The van der Waals surface area contributed by atoms with Gasteiger partial charge in [-0.3, -0.25) is 19.2 Å². The van der Waals surface area contributed by atoms with Crippen molar-refractivity contribution in [3.05, 3.63) is 167 Å². The standard InChI is InChI=1S/C49H48FN4O9P/c1-3-59-48(56)34(2)62-64(58,63-39-18-11-6-12-19-39)31-30-52-26-28-53(29-27-52)49(57)61-45-40-20-13-25-51-43(40)46(60-44(36-14-7-4-8-15-36)37-16-9-5-10-17-37)42-41(45)33-54(47(42)55)32-35-21-23-38(50)24-22-35/h4-25,34,44H,3,26-33H2,1-2H3/t34-,64?/m0/s1. The second kappa shape index (κ2) is 19.8. The zero-order chi connectivity index (χ0) is 44.6. The first kappa shape index (κ1) is 44.0. The van der Waals surface area contributed by atoms with Crippen LogP contribution in [0.2, 0.25) is 0 Å². The number of carbonyl (C=O) groups is 3. The van der Waals surface area contributed by atoms with Crippen LogP contribution in [0.1, 0.15) is 52.6 Å². The van der Waals surface area contributed by atoms with E-state index in [4.69, 9.17) is 28.2 Å². The molecule has 0 N–H and O–H groups in total. The van der Waals surface area contributed by atoms with Crippen LogP contribution in [0.3, 0.4) is 0 Å². The first-order valence-corrected chi connectivity index (χ1v) is 22.9. The lowest BCUT2D eigenvalue weighted by molar-refractivity contribution is -0.150. The minimum absolute atomic E-state index is 0.0204. The SMILES string of the molecule is CCOC(=O)[C@H](C)OP(=O)(CCN1CCN(C(=O)Oc2c3c(c(OC(c4ccccc4)c4ccccc4)c4ncccc24)C(=O)N(Cc2ccc(F)cc2)C3)CC1)Oc1ccccc1. The lowest BCUT2D eigenvalue weighted by atomic mass is 9.99. The molecular weight excluding hydrogens is 839 g/mol. The van der Waals surface area contributed by atoms with Gasteiger partial charge in [-0.25, -0.2) is 18.5 Å². The molecule has 15 heteroatoms. The summed E-state index contributed by atoms with van der Waals surface area (Å²) in [4.78, 5) is 51.2. The summed E-state index contributed by atoms with van der Waals surface area (Å²) in [6, 6.07) is 37.5. The van der Waals surface area contributed by atoms with Gasteiger partial charge >= 0.3 is 19.7 Å². The quantitative estimate of drug-likeness (QED) is 0.0680. The maximum Gasteiger partial charge on any atom is 0.415 e. The van der Waals surface area contributed by atoms with Crippen LogP contribution < -0.4 is 14.0 Å². The van der Waals surface area contributed by atoms with Crippen molar-refractivity contribution in [2.24, 2.45) is 0 Å². The molecule has 0 aliphatic carbocycles. The Hall–Kier alpha value is -6.60. The first-order valence-electron chi connectivity index (χ1n) is 21.2. The van der Waals surface area contributed by atoms with Crippen LogP contribution in [0.25, 0.3) is 10.9 Å². The summed E-state index contributed by atoms with van der Waals surface area (Å²) in [6.45, 7) is 5.28. The topological polar surface area (TPSA) is 137 Å². The highest BCUT2D eigenvalue weighted by atomic mass is 31.2. The number of carbonyl (C=O) groups excluding carboxylic acids is 3. The molecule has 6 aromatic rings. The Balaban J connectivity index is 1.05. The van der Waals surface area contributed by atoms with Crippen molar-refractivity contribution in [1.29, 1.82) is 0 Å². The molecule has 2 aliphatic rings. The smallest absolute Gasteiger partial charge is 0.415 e. The van der Waals surface area contributed by atoms with E-state index in [0.717, 1.165) is 16.7 Å². The highest BCUT2D eigenvalue weighted by molar-refractivity contribution is 7.54. The molecule has 1 fully saturated rings. The van der Waals surface area contributed by atoms with Gasteiger partial charge in [-0.2, -0.15) is 0 Å². The molecule has 0 bridgehead atoms. The Morgan fingerprint density at radius 1 is 0.812 bits per heavy atom. The number of fused-ring (bicyclic) bond motifs is 2. The van der Waals surface area contributed by atoms with Gasteiger partial charge in [0.15, 0.2) is 11.9 Å². The van der Waals surface area contributed by atoms with Crippen LogP contribution >= 0.6 is 7.60 Å². The van der Waals surface area contributed by atoms with E-state index in [-0.39, 0.29) is 67.7 Å². The van der Waals surface area contributed by atoms with Crippen LogP contribution in [0, 0.1) is 5.82 Å². The lowest BCUT2D eigenvalue weighted by Crippen LogP contribution is -2.50. The van der Waals surface area contributed by atoms with Crippen LogP contribution in [0.4, 0.5) is 9.18 Å². The lowest BCUT2D eigenvalue weighted by Gasteiger charge is -2.34. The molecule has 0 spiro atoms. The van der Waals surface area contributed by atoms with Crippen LogP contribution in [-0.2, 0) is 31.7 Å². The van der Waals surface area contributed by atoms with Gasteiger partial charge in [0.2, 0.25) is 0 Å². The van der Waals surface area contributed by atoms with E-state index < -0.39 is 31.9 Å². The Kier molecular flexibility index (Phi) is 13.6. The van der Waals surface area contributed by atoms with Gasteiger partial charge in [0.05, 0.1) is 24.9 Å². The molecule has 13 nitrogen and oxygen atoms in total. The number of rotatable bonds is 16. The number of aromatic nitrogens is 1. The van der Waals surface area contributed by atoms with E-state index in [1.54, 1.807) is 77.5 Å². The predicted molar refractivity (Wildman–Crippen MR) is 238 cm³/mol. The summed E-state index contributed by atoms with van der Waals surface area (Å²) in [5, 5.41) is 0.491. The maximum atomic E-state index is 14.6. The molecule has 1 aromatic heterocycles. The average Bonchev–Trinajstić information content (AvgIpc) is 3.64. The molecule has 2 amide bonds. The third-order valence-corrected chi connectivity index (χ3v) is 13.0. The highest BCUT2D eigenvalue weighted by Crippen LogP contribution is 2.50. The average molecular weight is 887 g/mol. The number of piperazine rings is 1. The third kappa shape index (κ3) is 10.1. The number of pyridine rings is 1. The van der Waals surface area contributed by atoms with Crippen LogP contribution in [-0.4, -0.2) is 89.2 Å². The molecule has 0 saturated carbocycles. The van der Waals surface area contributed by atoms with E-state index >= 15 is 0 Å². The van der Waals surface area contributed by atoms with E-state index in [9.17, 15) is 23.3 Å². The Morgan fingerprint density at radius 3 is 2.09 bits per heavy atom. The van der Waals surface area contributed by atoms with Gasteiger partial charge in [0.25, 0.3) is 5.91 Å². The first-order chi connectivity index (χ1) is 31.1. The fourth-order valence-electron chi connectivity index (χ4n) is 7.85. The summed E-state index contributed by atoms with van der Waals surface area (Å²) in [5.74, 6) is -0.565. The van der Waals surface area contributed by atoms with Crippen molar-refractivity contribution in [3.63, 3.8) is 0 Å². The van der Waals surface area contributed by atoms with Gasteiger partial charge in [-0.05, 0) is 66.9 Å². The minimum atomic E-state index is -3.85. The van der Waals surface area contributed by atoms with Gasteiger partial charge in [-0.1, -0.05) is 91.0 Å². The molecule has 1 saturated heterocycles. The molecule has 0 radical (unpaired) electrons. The number of benzene rings is 5. The van der Waals surface area contributed by atoms with Crippen molar-refractivity contribution < 1.29 is 46.6 Å². The van der Waals surface area contributed by atoms with Gasteiger partial charge in [0, 0.05) is 56.4 Å². The van der Waals surface area contributed by atoms with Gasteiger partial charge in [0.1, 0.15) is 28.9 Å². The van der Waals surface area contributed by atoms with Crippen molar-refractivity contribution in [1.82, 2.24) is 19.7 Å². The number of esters is 1. The molecule has 64 heavy (non-hydrogen) atoms. The van der Waals surface area contributed by atoms with Crippen molar-refractivity contribution >= 4 is 36.5 Å². The second-order valence-electron chi connectivity index (χ2n) is 15.5. The zero-order valence-corrected chi connectivity index (χ0v) is 36.4. The van der Waals surface area contributed by atoms with Crippen LogP contribution in [0.15, 0.2) is 134 Å². The Morgan fingerprint density at radius 2 is 1.45 bits per heavy atom. The van der Waals surface area contributed by atoms with Crippen molar-refractivity contribution in [2.75, 3.05) is 45.5 Å². The van der Waals surface area contributed by atoms with E-state index in [1.165, 1.54) is 19.1 Å². The summed E-state index contributed by atoms with van der Waals surface area (Å²) in [7, 11) is -3.85. The highest BCUT2D eigenvalue weighted by Gasteiger charge is 2.39. The van der Waals surface area contributed by atoms with E-state index in [1.807, 2.05) is 65.6 Å². The molecule has 5 aromatic carbocycles. The van der Waals surface area contributed by atoms with Gasteiger partial charge in [-0.15, -0.1) is 0 Å². The molecule has 2 atom stereocenters. The normalized spacial score (nSPS) is 15.4. The fourth-order valence-corrected chi connectivity index (χ4v) is 9.62. The number of ether oxygens (including phenoxy) is 3. The largest absolute Gasteiger partial charge is 0.478 e. The van der Waals surface area contributed by atoms with Crippen molar-refractivity contribution in [3.8, 4) is 17.2 Å². The summed E-state index contributed by atoms with van der Waals surface area (Å²) >= 11 is 0. The number of hydrogen-bond acceptors (Lipinski definition) is 11.